The molecule has 1 aromatic carbocycles. The normalized spacial score (nSPS) is 23.6. The van der Waals surface area contributed by atoms with E-state index in [1.165, 1.54) is 6.42 Å². The van der Waals surface area contributed by atoms with Gasteiger partial charge in [-0.25, -0.2) is 0 Å². The van der Waals surface area contributed by atoms with Crippen molar-refractivity contribution in [3.05, 3.63) is 52.7 Å². The standard InChI is InChI=1S/C15H18SSi/c1-17(2,12-7-4-3-5-8-12)15-11-13(15)14-9-6-10-16-14/h3-10,13,15H,11H2,1-2H3/t13-,15+/m1/s1. The second kappa shape index (κ2) is 4.11. The summed E-state index contributed by atoms with van der Waals surface area (Å²) in [5.74, 6) is 0.858. The molecule has 0 amide bonds. The first kappa shape index (κ1) is 11.2. The largest absolute Gasteiger partial charge is 0.149 e. The van der Waals surface area contributed by atoms with Gasteiger partial charge in [0.2, 0.25) is 0 Å². The second-order valence-corrected chi connectivity index (χ2v) is 11.3. The number of hydrogen-bond acceptors (Lipinski definition) is 1. The summed E-state index contributed by atoms with van der Waals surface area (Å²) < 4.78 is 0. The minimum absolute atomic E-state index is 0.858. The molecule has 0 radical (unpaired) electrons. The van der Waals surface area contributed by atoms with Crippen molar-refractivity contribution < 1.29 is 0 Å². The Morgan fingerprint density at radius 2 is 1.82 bits per heavy atom. The van der Waals surface area contributed by atoms with E-state index < -0.39 is 8.07 Å². The minimum atomic E-state index is -1.26. The zero-order valence-electron chi connectivity index (χ0n) is 10.4. The van der Waals surface area contributed by atoms with Gasteiger partial charge < -0.3 is 0 Å². The molecule has 1 fully saturated rings. The van der Waals surface area contributed by atoms with Gasteiger partial charge in [-0.2, -0.15) is 0 Å². The highest BCUT2D eigenvalue weighted by Crippen LogP contribution is 2.58. The van der Waals surface area contributed by atoms with Crippen molar-refractivity contribution in [2.45, 2.75) is 31.0 Å². The Hall–Kier alpha value is -0.863. The third-order valence-electron chi connectivity index (χ3n) is 4.14. The van der Waals surface area contributed by atoms with Gasteiger partial charge in [0, 0.05) is 4.88 Å². The van der Waals surface area contributed by atoms with E-state index in [1.54, 1.807) is 10.1 Å². The highest BCUT2D eigenvalue weighted by atomic mass is 32.1. The van der Waals surface area contributed by atoms with Gasteiger partial charge in [-0.05, 0) is 29.3 Å². The molecule has 0 spiro atoms. The van der Waals surface area contributed by atoms with Gasteiger partial charge in [-0.3, -0.25) is 0 Å². The molecule has 3 rings (SSSR count). The third-order valence-corrected chi connectivity index (χ3v) is 9.46. The van der Waals surface area contributed by atoms with E-state index in [4.69, 9.17) is 0 Å². The fourth-order valence-corrected chi connectivity index (χ4v) is 7.43. The fraction of sp³-hybridized carbons (Fsp3) is 0.333. The van der Waals surface area contributed by atoms with Gasteiger partial charge in [0.1, 0.15) is 0 Å². The van der Waals surface area contributed by atoms with Gasteiger partial charge in [-0.15, -0.1) is 11.3 Å². The Kier molecular flexibility index (Phi) is 2.72. The molecule has 2 atom stereocenters. The first-order valence-electron chi connectivity index (χ1n) is 6.28. The van der Waals surface area contributed by atoms with Crippen LogP contribution in [0.1, 0.15) is 17.2 Å². The smallest absolute Gasteiger partial charge is 0.0843 e. The molecule has 88 valence electrons. The van der Waals surface area contributed by atoms with E-state index >= 15 is 0 Å². The Morgan fingerprint density at radius 1 is 1.06 bits per heavy atom. The summed E-state index contributed by atoms with van der Waals surface area (Å²) in [4.78, 5) is 1.60. The van der Waals surface area contributed by atoms with E-state index in [1.807, 2.05) is 11.3 Å². The molecule has 2 aromatic rings. The molecule has 17 heavy (non-hydrogen) atoms. The summed E-state index contributed by atoms with van der Waals surface area (Å²) in [6, 6.07) is 15.7. The SMILES string of the molecule is C[Si](C)(c1ccccc1)[C@H]1C[C@@H]1c1cccs1. The van der Waals surface area contributed by atoms with Gasteiger partial charge in [0.05, 0.1) is 8.07 Å². The highest BCUT2D eigenvalue weighted by molar-refractivity contribution is 7.10. The molecule has 1 saturated carbocycles. The van der Waals surface area contributed by atoms with Crippen LogP contribution in [0, 0.1) is 0 Å². The Morgan fingerprint density at radius 3 is 2.47 bits per heavy atom. The van der Waals surface area contributed by atoms with Gasteiger partial charge >= 0.3 is 0 Å². The quantitative estimate of drug-likeness (QED) is 0.723. The van der Waals surface area contributed by atoms with Crippen molar-refractivity contribution in [3.8, 4) is 0 Å². The summed E-state index contributed by atoms with van der Waals surface area (Å²) in [5, 5.41) is 3.82. The Balaban J connectivity index is 1.82. The van der Waals surface area contributed by atoms with E-state index in [2.05, 4.69) is 60.9 Å². The van der Waals surface area contributed by atoms with Crippen molar-refractivity contribution in [2.75, 3.05) is 0 Å². The van der Waals surface area contributed by atoms with Crippen LogP contribution < -0.4 is 5.19 Å². The topological polar surface area (TPSA) is 0 Å². The maximum absolute atomic E-state index is 2.53. The lowest BCUT2D eigenvalue weighted by Gasteiger charge is -2.23. The average molecular weight is 258 g/mol. The first-order chi connectivity index (χ1) is 8.19. The first-order valence-corrected chi connectivity index (χ1v) is 10.2. The van der Waals surface area contributed by atoms with E-state index in [0.29, 0.717) is 0 Å². The maximum Gasteiger partial charge on any atom is 0.0843 e. The third kappa shape index (κ3) is 2.00. The van der Waals surface area contributed by atoms with Crippen LogP contribution in [0.25, 0.3) is 0 Å². The van der Waals surface area contributed by atoms with Crippen LogP contribution in [-0.2, 0) is 0 Å². The molecular weight excluding hydrogens is 240 g/mol. The molecule has 1 aliphatic carbocycles. The Labute approximate surface area is 108 Å². The van der Waals surface area contributed by atoms with Crippen LogP contribution in [0.2, 0.25) is 18.6 Å². The number of benzene rings is 1. The summed E-state index contributed by atoms with van der Waals surface area (Å²) in [6.07, 6.45) is 1.41. The van der Waals surface area contributed by atoms with Crippen molar-refractivity contribution in [2.24, 2.45) is 0 Å². The number of thiophene rings is 1. The summed E-state index contributed by atoms with van der Waals surface area (Å²) >= 11 is 1.93. The van der Waals surface area contributed by atoms with Crippen LogP contribution in [0.15, 0.2) is 47.8 Å². The van der Waals surface area contributed by atoms with Gasteiger partial charge in [0.25, 0.3) is 0 Å². The minimum Gasteiger partial charge on any atom is -0.149 e. The second-order valence-electron chi connectivity index (χ2n) is 5.55. The predicted molar refractivity (Wildman–Crippen MR) is 79.0 cm³/mol. The molecule has 0 bridgehead atoms. The molecule has 0 nitrogen and oxygen atoms in total. The molecule has 0 aliphatic heterocycles. The lowest BCUT2D eigenvalue weighted by molar-refractivity contribution is 1.16. The van der Waals surface area contributed by atoms with Gasteiger partial charge in [-0.1, -0.05) is 54.7 Å². The van der Waals surface area contributed by atoms with E-state index in [9.17, 15) is 0 Å². The Bertz CT molecular complexity index is 487. The molecule has 1 aromatic heterocycles. The average Bonchev–Trinajstić information content (AvgIpc) is 2.99. The molecule has 1 aliphatic rings. The zero-order chi connectivity index (χ0) is 11.9. The fourth-order valence-electron chi connectivity index (χ4n) is 2.89. The molecule has 0 unspecified atom stereocenters. The lowest BCUT2D eigenvalue weighted by Crippen LogP contribution is -2.42. The van der Waals surface area contributed by atoms with Crippen molar-refractivity contribution in [1.82, 2.24) is 0 Å². The summed E-state index contributed by atoms with van der Waals surface area (Å²) in [7, 11) is -1.26. The maximum atomic E-state index is 2.53. The van der Waals surface area contributed by atoms with Crippen LogP contribution in [0.4, 0.5) is 0 Å². The predicted octanol–water partition coefficient (Wildman–Crippen LogP) is 4.22. The number of hydrogen-bond donors (Lipinski definition) is 0. The molecule has 0 N–H and O–H groups in total. The molecule has 0 saturated heterocycles. The van der Waals surface area contributed by atoms with Crippen LogP contribution in [0.3, 0.4) is 0 Å². The highest BCUT2D eigenvalue weighted by Gasteiger charge is 2.50. The van der Waals surface area contributed by atoms with Crippen molar-refractivity contribution >= 4 is 24.6 Å². The van der Waals surface area contributed by atoms with Crippen LogP contribution >= 0.6 is 11.3 Å². The van der Waals surface area contributed by atoms with E-state index in [-0.39, 0.29) is 0 Å². The summed E-state index contributed by atoms with van der Waals surface area (Å²) in [6.45, 7) is 5.06. The molecular formula is C15H18SSi. The zero-order valence-corrected chi connectivity index (χ0v) is 12.2. The molecule has 1 heterocycles. The van der Waals surface area contributed by atoms with Crippen LogP contribution in [0.5, 0.6) is 0 Å². The van der Waals surface area contributed by atoms with E-state index in [0.717, 1.165) is 11.5 Å². The monoisotopic (exact) mass is 258 g/mol. The number of rotatable bonds is 3. The van der Waals surface area contributed by atoms with Crippen molar-refractivity contribution in [1.29, 1.82) is 0 Å². The summed E-state index contributed by atoms with van der Waals surface area (Å²) in [5.41, 5.74) is 0.948. The molecule has 2 heteroatoms. The van der Waals surface area contributed by atoms with Crippen molar-refractivity contribution in [3.63, 3.8) is 0 Å². The van der Waals surface area contributed by atoms with Crippen LogP contribution in [-0.4, -0.2) is 8.07 Å². The van der Waals surface area contributed by atoms with Gasteiger partial charge in [0.15, 0.2) is 0 Å². The lowest BCUT2D eigenvalue weighted by atomic mass is 10.3.